The number of anilines is 2. The largest absolute Gasteiger partial charge is 0.322 e. The minimum atomic E-state index is -0.172. The molecule has 3 N–H and O–H groups in total. The van der Waals surface area contributed by atoms with Gasteiger partial charge in [-0.05, 0) is 68.2 Å². The van der Waals surface area contributed by atoms with E-state index in [1.807, 2.05) is 6.26 Å². The average molecular weight is 464 g/mol. The van der Waals surface area contributed by atoms with Gasteiger partial charge in [0.1, 0.15) is 5.00 Å². The first-order valence-corrected chi connectivity index (χ1v) is 12.8. The maximum atomic E-state index is 13.2. The van der Waals surface area contributed by atoms with Gasteiger partial charge >= 0.3 is 0 Å². The Balaban J connectivity index is 1.55. The van der Waals surface area contributed by atoms with Crippen LogP contribution in [0.2, 0.25) is 5.02 Å². The van der Waals surface area contributed by atoms with E-state index in [1.165, 1.54) is 4.88 Å². The minimum Gasteiger partial charge on any atom is -0.322 e. The van der Waals surface area contributed by atoms with Gasteiger partial charge in [0.2, 0.25) is 5.91 Å². The van der Waals surface area contributed by atoms with Crippen LogP contribution in [0.5, 0.6) is 0 Å². The predicted molar refractivity (Wildman–Crippen MR) is 127 cm³/mol. The second kappa shape index (κ2) is 9.73. The zero-order valence-corrected chi connectivity index (χ0v) is 19.3. The molecular weight excluding hydrogens is 438 g/mol. The van der Waals surface area contributed by atoms with E-state index < -0.39 is 0 Å². The summed E-state index contributed by atoms with van der Waals surface area (Å²) >= 11 is 9.07. The predicted octanol–water partition coefficient (Wildman–Crippen LogP) is 5.51. The molecule has 5 nitrogen and oxygen atoms in total. The summed E-state index contributed by atoms with van der Waals surface area (Å²) in [6.07, 6.45) is 8.98. The average Bonchev–Trinajstić information content (AvgIpc) is 3.31. The van der Waals surface area contributed by atoms with E-state index in [0.717, 1.165) is 50.5 Å². The highest BCUT2D eigenvalue weighted by Crippen LogP contribution is 2.40. The molecule has 2 atom stereocenters. The third-order valence-electron chi connectivity index (χ3n) is 5.86. The second-order valence-electron chi connectivity index (χ2n) is 7.83. The second-order valence-corrected chi connectivity index (χ2v) is 10.0. The molecule has 0 aliphatic heterocycles. The maximum Gasteiger partial charge on any atom is 0.258 e. The molecule has 1 heterocycles. The molecule has 1 fully saturated rings. The van der Waals surface area contributed by atoms with E-state index in [-0.39, 0.29) is 23.8 Å². The molecule has 4 rings (SSSR count). The molecule has 160 valence electrons. The molecule has 2 aromatic rings. The molecule has 2 aliphatic carbocycles. The summed E-state index contributed by atoms with van der Waals surface area (Å²) in [5.74, 6) is -0.230. The van der Waals surface area contributed by atoms with Gasteiger partial charge in [0.05, 0.1) is 11.5 Å². The fraction of sp³-hybridized carbons (Fsp3) is 0.455. The number of aryl methyl sites for hydroxylation is 1. The number of benzene rings is 1. The van der Waals surface area contributed by atoms with Gasteiger partial charge in [-0.2, -0.15) is 0 Å². The first-order chi connectivity index (χ1) is 14.6. The van der Waals surface area contributed by atoms with E-state index in [4.69, 9.17) is 11.6 Å². The fourth-order valence-electron chi connectivity index (χ4n) is 4.40. The zero-order valence-electron chi connectivity index (χ0n) is 16.9. The Hall–Kier alpha value is -1.54. The van der Waals surface area contributed by atoms with Crippen molar-refractivity contribution in [3.8, 4) is 0 Å². The van der Waals surface area contributed by atoms with Crippen LogP contribution in [0.4, 0.5) is 10.7 Å². The van der Waals surface area contributed by atoms with Crippen molar-refractivity contribution in [2.75, 3.05) is 16.9 Å². The van der Waals surface area contributed by atoms with Gasteiger partial charge in [-0.25, -0.2) is 0 Å². The lowest BCUT2D eigenvalue weighted by Crippen LogP contribution is -2.41. The molecule has 0 saturated heterocycles. The lowest BCUT2D eigenvalue weighted by atomic mass is 9.84. The molecular formula is C22H26ClN3O2S2. The highest BCUT2D eigenvalue weighted by Gasteiger charge is 2.33. The molecule has 0 bridgehead atoms. The SMILES string of the molecule is CSNC1CCCCC1C(=O)Nc1sc2c(c1C(=O)Nc1ccc(Cl)cc1)CCC2. The van der Waals surface area contributed by atoms with Crippen LogP contribution in [0.1, 0.15) is 52.9 Å². The van der Waals surface area contributed by atoms with Crippen molar-refractivity contribution in [1.82, 2.24) is 4.72 Å². The summed E-state index contributed by atoms with van der Waals surface area (Å²) in [5.41, 5.74) is 2.40. The Bertz CT molecular complexity index is 927. The van der Waals surface area contributed by atoms with Gasteiger partial charge in [0, 0.05) is 21.6 Å². The quantitative estimate of drug-likeness (QED) is 0.494. The molecule has 2 aliphatic rings. The molecule has 0 radical (unpaired) electrons. The molecule has 2 amide bonds. The summed E-state index contributed by atoms with van der Waals surface area (Å²) in [4.78, 5) is 27.5. The topological polar surface area (TPSA) is 70.2 Å². The van der Waals surface area contributed by atoms with Crippen LogP contribution in [-0.2, 0) is 17.6 Å². The number of amides is 2. The van der Waals surface area contributed by atoms with Crippen LogP contribution in [0, 0.1) is 5.92 Å². The summed E-state index contributed by atoms with van der Waals surface area (Å²) in [7, 11) is 0. The van der Waals surface area contributed by atoms with Crippen molar-refractivity contribution in [3.63, 3.8) is 0 Å². The van der Waals surface area contributed by atoms with Crippen molar-refractivity contribution < 1.29 is 9.59 Å². The highest BCUT2D eigenvalue weighted by atomic mass is 35.5. The van der Waals surface area contributed by atoms with E-state index in [0.29, 0.717) is 21.3 Å². The molecule has 0 spiro atoms. The summed E-state index contributed by atoms with van der Waals surface area (Å²) < 4.78 is 3.38. The lowest BCUT2D eigenvalue weighted by Gasteiger charge is -2.30. The van der Waals surface area contributed by atoms with Gasteiger partial charge in [0.25, 0.3) is 5.91 Å². The van der Waals surface area contributed by atoms with E-state index in [2.05, 4.69) is 15.4 Å². The number of thiophene rings is 1. The van der Waals surface area contributed by atoms with Gasteiger partial charge in [-0.15, -0.1) is 11.3 Å². The van der Waals surface area contributed by atoms with Crippen molar-refractivity contribution in [3.05, 3.63) is 45.3 Å². The number of carbonyl (C=O) groups is 2. The molecule has 30 heavy (non-hydrogen) atoms. The number of carbonyl (C=O) groups excluding carboxylic acids is 2. The summed E-state index contributed by atoms with van der Waals surface area (Å²) in [6.45, 7) is 0. The Labute approximate surface area is 190 Å². The first kappa shape index (κ1) is 21.7. The Morgan fingerprint density at radius 1 is 1.07 bits per heavy atom. The number of rotatable bonds is 6. The van der Waals surface area contributed by atoms with Crippen molar-refractivity contribution in [1.29, 1.82) is 0 Å². The fourth-order valence-corrected chi connectivity index (χ4v) is 6.40. The summed E-state index contributed by atoms with van der Waals surface area (Å²) in [6, 6.07) is 7.24. The van der Waals surface area contributed by atoms with Gasteiger partial charge in [-0.1, -0.05) is 36.4 Å². The van der Waals surface area contributed by atoms with Crippen LogP contribution < -0.4 is 15.4 Å². The Kier molecular flexibility index (Phi) is 7.03. The maximum absolute atomic E-state index is 13.2. The molecule has 1 aromatic carbocycles. The van der Waals surface area contributed by atoms with E-state index in [9.17, 15) is 9.59 Å². The van der Waals surface area contributed by atoms with Crippen molar-refractivity contribution in [2.24, 2.45) is 5.92 Å². The number of nitrogens with one attached hydrogen (secondary N) is 3. The van der Waals surface area contributed by atoms with Gasteiger partial charge in [0.15, 0.2) is 0 Å². The Morgan fingerprint density at radius 2 is 1.83 bits per heavy atom. The standard InChI is InChI=1S/C22H26ClN3O2S2/c1-29-26-17-7-3-2-5-15(17)20(27)25-22-19(16-6-4-8-18(16)30-22)21(28)24-14-11-9-13(23)10-12-14/h9-12,15,17,26H,2-8H2,1H3,(H,24,28)(H,25,27). The minimum absolute atomic E-state index is 0.0155. The molecule has 1 aromatic heterocycles. The van der Waals surface area contributed by atoms with Crippen molar-refractivity contribution in [2.45, 2.75) is 51.0 Å². The van der Waals surface area contributed by atoms with Crippen LogP contribution in [-0.4, -0.2) is 24.1 Å². The monoisotopic (exact) mass is 463 g/mol. The molecule has 2 unspecified atom stereocenters. The Morgan fingerprint density at radius 3 is 2.60 bits per heavy atom. The first-order valence-electron chi connectivity index (χ1n) is 10.4. The zero-order chi connectivity index (χ0) is 21.1. The van der Waals surface area contributed by atoms with E-state index in [1.54, 1.807) is 47.6 Å². The van der Waals surface area contributed by atoms with Gasteiger partial charge in [-0.3, -0.25) is 14.3 Å². The number of hydrogen-bond donors (Lipinski definition) is 3. The van der Waals surface area contributed by atoms with Crippen LogP contribution in [0.3, 0.4) is 0 Å². The van der Waals surface area contributed by atoms with Gasteiger partial charge < -0.3 is 10.6 Å². The molecule has 1 saturated carbocycles. The normalized spacial score (nSPS) is 20.6. The third-order valence-corrected chi connectivity index (χ3v) is 7.86. The lowest BCUT2D eigenvalue weighted by molar-refractivity contribution is -0.121. The molecule has 8 heteroatoms. The number of halogens is 1. The third kappa shape index (κ3) is 4.69. The number of fused-ring (bicyclic) bond motifs is 1. The summed E-state index contributed by atoms with van der Waals surface area (Å²) in [5, 5.41) is 7.40. The van der Waals surface area contributed by atoms with Crippen LogP contribution in [0.25, 0.3) is 0 Å². The van der Waals surface area contributed by atoms with Crippen molar-refractivity contribution >= 4 is 57.4 Å². The van der Waals surface area contributed by atoms with Crippen LogP contribution >= 0.6 is 34.9 Å². The highest BCUT2D eigenvalue weighted by molar-refractivity contribution is 7.96. The number of hydrogen-bond acceptors (Lipinski definition) is 5. The van der Waals surface area contributed by atoms with E-state index >= 15 is 0 Å². The van der Waals surface area contributed by atoms with Crippen LogP contribution in [0.15, 0.2) is 24.3 Å². The smallest absolute Gasteiger partial charge is 0.258 e.